The molecule has 2 N–H and O–H groups in total. The number of nitrogens with two attached hydrogens (primary N) is 1. The van der Waals surface area contributed by atoms with Gasteiger partial charge in [0.1, 0.15) is 5.69 Å². The molecule has 2 heterocycles. The Morgan fingerprint density at radius 3 is 2.72 bits per heavy atom. The highest BCUT2D eigenvalue weighted by Crippen LogP contribution is 2.13. The molecule has 6 nitrogen and oxygen atoms in total. The van der Waals surface area contributed by atoms with Gasteiger partial charge in [0.2, 0.25) is 5.88 Å². The third kappa shape index (κ3) is 2.98. The van der Waals surface area contributed by atoms with Gasteiger partial charge in [0, 0.05) is 30.4 Å². The number of nitrogens with zero attached hydrogens (tertiary/aromatic N) is 4. The van der Waals surface area contributed by atoms with Crippen LogP contribution in [0.25, 0.3) is 11.5 Å². The molecule has 0 saturated carbocycles. The molecule has 0 amide bonds. The maximum Gasteiger partial charge on any atom is 0.233 e. The first kappa shape index (κ1) is 12.4. The Morgan fingerprint density at radius 2 is 2.11 bits per heavy atom. The van der Waals surface area contributed by atoms with Crippen molar-refractivity contribution in [1.82, 2.24) is 20.2 Å². The fraction of sp³-hybridized carbons (Fsp3) is 0.333. The van der Waals surface area contributed by atoms with Crippen LogP contribution in [0.5, 0.6) is 5.88 Å². The number of hydrogen-bond donors (Lipinski definition) is 1. The lowest BCUT2D eigenvalue weighted by Crippen LogP contribution is -2.18. The summed E-state index contributed by atoms with van der Waals surface area (Å²) in [4.78, 5) is 8.58. The molecule has 0 spiro atoms. The summed E-state index contributed by atoms with van der Waals surface area (Å²) in [7, 11) is 1.55. The molecule has 0 radical (unpaired) electrons. The highest BCUT2D eigenvalue weighted by atomic mass is 16.5. The van der Waals surface area contributed by atoms with Crippen molar-refractivity contribution in [2.24, 2.45) is 5.73 Å². The first-order chi connectivity index (χ1) is 8.69. The summed E-state index contributed by atoms with van der Waals surface area (Å²) in [5.74, 6) is 1.01. The second-order valence-electron chi connectivity index (χ2n) is 4.01. The molecule has 0 aromatic carbocycles. The Labute approximate surface area is 105 Å². The molecule has 2 rings (SSSR count). The molecule has 1 unspecified atom stereocenters. The fourth-order valence-electron chi connectivity index (χ4n) is 1.51. The molecule has 1 atom stereocenters. The average molecular weight is 245 g/mol. The maximum atomic E-state index is 5.75. The van der Waals surface area contributed by atoms with Gasteiger partial charge >= 0.3 is 0 Å². The van der Waals surface area contributed by atoms with E-state index in [9.17, 15) is 0 Å². The molecule has 94 valence electrons. The van der Waals surface area contributed by atoms with Crippen molar-refractivity contribution in [3.63, 3.8) is 0 Å². The van der Waals surface area contributed by atoms with E-state index in [2.05, 4.69) is 20.2 Å². The van der Waals surface area contributed by atoms with Gasteiger partial charge in [0.05, 0.1) is 7.11 Å². The highest BCUT2D eigenvalue weighted by molar-refractivity contribution is 5.48. The van der Waals surface area contributed by atoms with Gasteiger partial charge in [-0.2, -0.15) is 0 Å². The smallest absolute Gasteiger partial charge is 0.233 e. The Morgan fingerprint density at radius 1 is 1.28 bits per heavy atom. The summed E-state index contributed by atoms with van der Waals surface area (Å²) in [5.41, 5.74) is 7.26. The second-order valence-corrected chi connectivity index (χ2v) is 4.01. The van der Waals surface area contributed by atoms with E-state index in [0.717, 1.165) is 5.69 Å². The van der Waals surface area contributed by atoms with Gasteiger partial charge in [0.25, 0.3) is 0 Å². The Kier molecular flexibility index (Phi) is 3.78. The van der Waals surface area contributed by atoms with Crippen LogP contribution in [0.15, 0.2) is 24.4 Å². The molecule has 0 fully saturated rings. The van der Waals surface area contributed by atoms with Crippen LogP contribution in [0.3, 0.4) is 0 Å². The van der Waals surface area contributed by atoms with Crippen molar-refractivity contribution >= 4 is 0 Å². The van der Waals surface area contributed by atoms with Crippen LogP contribution >= 0.6 is 0 Å². The zero-order chi connectivity index (χ0) is 13.0. The van der Waals surface area contributed by atoms with Gasteiger partial charge < -0.3 is 10.5 Å². The average Bonchev–Trinajstić information content (AvgIpc) is 2.38. The van der Waals surface area contributed by atoms with E-state index in [1.807, 2.05) is 13.0 Å². The van der Waals surface area contributed by atoms with Crippen LogP contribution < -0.4 is 10.5 Å². The van der Waals surface area contributed by atoms with Gasteiger partial charge in [0.15, 0.2) is 5.82 Å². The van der Waals surface area contributed by atoms with Crippen LogP contribution in [-0.2, 0) is 6.42 Å². The van der Waals surface area contributed by atoms with E-state index in [4.69, 9.17) is 10.5 Å². The van der Waals surface area contributed by atoms with Crippen LogP contribution in [0.4, 0.5) is 0 Å². The molecule has 18 heavy (non-hydrogen) atoms. The highest BCUT2D eigenvalue weighted by Gasteiger charge is 2.06. The van der Waals surface area contributed by atoms with Gasteiger partial charge in [-0.05, 0) is 19.1 Å². The summed E-state index contributed by atoms with van der Waals surface area (Å²) < 4.78 is 4.95. The first-order valence-corrected chi connectivity index (χ1v) is 5.64. The molecule has 0 bridgehead atoms. The molecular formula is C12H15N5O. The fourth-order valence-corrected chi connectivity index (χ4v) is 1.51. The van der Waals surface area contributed by atoms with Gasteiger partial charge in [-0.25, -0.2) is 9.97 Å². The maximum absolute atomic E-state index is 5.75. The molecule has 0 aliphatic heterocycles. The van der Waals surface area contributed by atoms with Crippen molar-refractivity contribution in [1.29, 1.82) is 0 Å². The monoisotopic (exact) mass is 245 g/mol. The van der Waals surface area contributed by atoms with E-state index in [1.54, 1.807) is 25.4 Å². The van der Waals surface area contributed by atoms with Crippen LogP contribution in [-0.4, -0.2) is 33.3 Å². The van der Waals surface area contributed by atoms with Crippen molar-refractivity contribution in [3.05, 3.63) is 30.1 Å². The van der Waals surface area contributed by atoms with E-state index in [0.29, 0.717) is 23.8 Å². The van der Waals surface area contributed by atoms with Crippen molar-refractivity contribution in [2.45, 2.75) is 19.4 Å². The Balaban J connectivity index is 2.26. The zero-order valence-electron chi connectivity index (χ0n) is 10.4. The number of ether oxygens (including phenoxy) is 1. The van der Waals surface area contributed by atoms with Gasteiger partial charge in [-0.15, -0.1) is 10.2 Å². The lowest BCUT2D eigenvalue weighted by atomic mass is 10.2. The second kappa shape index (κ2) is 5.50. The molecule has 6 heteroatoms. The molecule has 0 aliphatic rings. The van der Waals surface area contributed by atoms with Gasteiger partial charge in [-0.1, -0.05) is 0 Å². The minimum atomic E-state index is 0.0645. The number of aromatic nitrogens is 4. The number of rotatable bonds is 4. The summed E-state index contributed by atoms with van der Waals surface area (Å²) >= 11 is 0. The predicted molar refractivity (Wildman–Crippen MR) is 67.0 cm³/mol. The summed E-state index contributed by atoms with van der Waals surface area (Å²) in [6.07, 6.45) is 2.41. The first-order valence-electron chi connectivity index (χ1n) is 5.64. The minimum Gasteiger partial charge on any atom is -0.480 e. The van der Waals surface area contributed by atoms with Crippen LogP contribution in [0.1, 0.15) is 12.6 Å². The Hall–Kier alpha value is -2.08. The quantitative estimate of drug-likeness (QED) is 0.858. The molecule has 0 saturated heterocycles. The molecular weight excluding hydrogens is 230 g/mol. The lowest BCUT2D eigenvalue weighted by molar-refractivity contribution is 0.392. The lowest BCUT2D eigenvalue weighted by Gasteiger charge is -2.05. The van der Waals surface area contributed by atoms with Gasteiger partial charge in [-0.3, -0.25) is 0 Å². The summed E-state index contributed by atoms with van der Waals surface area (Å²) in [6.45, 7) is 1.94. The van der Waals surface area contributed by atoms with E-state index in [-0.39, 0.29) is 6.04 Å². The topological polar surface area (TPSA) is 86.8 Å². The van der Waals surface area contributed by atoms with Crippen LogP contribution in [0.2, 0.25) is 0 Å². The largest absolute Gasteiger partial charge is 0.480 e. The van der Waals surface area contributed by atoms with Crippen molar-refractivity contribution < 1.29 is 4.74 Å². The van der Waals surface area contributed by atoms with E-state index >= 15 is 0 Å². The number of methoxy groups -OCH3 is 1. The third-order valence-corrected chi connectivity index (χ3v) is 2.32. The van der Waals surface area contributed by atoms with Crippen molar-refractivity contribution in [2.75, 3.05) is 7.11 Å². The normalized spacial score (nSPS) is 12.2. The SMILES string of the molecule is COc1ccc(-c2nccc(CC(C)N)n2)nn1. The van der Waals surface area contributed by atoms with Crippen molar-refractivity contribution in [3.8, 4) is 17.4 Å². The summed E-state index contributed by atoms with van der Waals surface area (Å²) in [6, 6.07) is 5.42. The molecule has 0 aliphatic carbocycles. The van der Waals surface area contributed by atoms with Crippen LogP contribution in [0, 0.1) is 0 Å². The zero-order valence-corrected chi connectivity index (χ0v) is 10.4. The standard InChI is InChI=1S/C12H15N5O/c1-8(13)7-9-5-6-14-12(15-9)10-3-4-11(18-2)17-16-10/h3-6,8H,7,13H2,1-2H3. The summed E-state index contributed by atoms with van der Waals surface area (Å²) in [5, 5.41) is 7.90. The molecule has 2 aromatic rings. The van der Waals surface area contributed by atoms with E-state index < -0.39 is 0 Å². The third-order valence-electron chi connectivity index (χ3n) is 2.32. The predicted octanol–water partition coefficient (Wildman–Crippen LogP) is 0.832. The minimum absolute atomic E-state index is 0.0645. The number of hydrogen-bond acceptors (Lipinski definition) is 6. The Bertz CT molecular complexity index is 512. The molecule has 2 aromatic heterocycles. The van der Waals surface area contributed by atoms with E-state index in [1.165, 1.54) is 0 Å².